The molecule has 0 saturated heterocycles. The summed E-state index contributed by atoms with van der Waals surface area (Å²) in [6.07, 6.45) is 0.458. The summed E-state index contributed by atoms with van der Waals surface area (Å²) in [5.74, 6) is 0.642. The molecule has 2 aromatic carbocycles. The Bertz CT molecular complexity index is 1070. The molecule has 0 bridgehead atoms. The summed E-state index contributed by atoms with van der Waals surface area (Å²) in [5, 5.41) is 6.07. The Labute approximate surface area is 190 Å². The summed E-state index contributed by atoms with van der Waals surface area (Å²) in [6.45, 7) is 7.95. The first kappa shape index (κ1) is 23.1. The number of amides is 2. The Morgan fingerprint density at radius 3 is 2.48 bits per heavy atom. The van der Waals surface area contributed by atoms with Crippen LogP contribution in [0.3, 0.4) is 0 Å². The van der Waals surface area contributed by atoms with Gasteiger partial charge in [0.25, 0.3) is 0 Å². The molecular weight excluding hydrogens is 430 g/mol. The molecule has 3 aromatic rings. The van der Waals surface area contributed by atoms with Crippen molar-refractivity contribution in [2.75, 3.05) is 17.7 Å². The topological polar surface area (TPSA) is 80.3 Å². The number of anilines is 2. The van der Waals surface area contributed by atoms with E-state index >= 15 is 0 Å². The van der Waals surface area contributed by atoms with Gasteiger partial charge in [-0.05, 0) is 54.8 Å². The number of thioether (sulfide) groups is 1. The first-order valence-electron chi connectivity index (χ1n) is 9.95. The second-order valence-electron chi connectivity index (χ2n) is 8.41. The standard InChI is InChI=1S/C23H27N3O3S2/c1-14(21(28)26-22-25-18-11-8-16(29-5)12-19(18)31-22)30-17-9-6-15(7-10-17)24-20(27)13-23(2,3)4/h6-12,14H,13H2,1-5H3,(H,24,27)(H,25,26,28). The van der Waals surface area contributed by atoms with E-state index < -0.39 is 0 Å². The molecule has 0 spiro atoms. The quantitative estimate of drug-likeness (QED) is 0.438. The van der Waals surface area contributed by atoms with E-state index in [0.29, 0.717) is 11.6 Å². The van der Waals surface area contributed by atoms with Gasteiger partial charge in [0.1, 0.15) is 5.75 Å². The molecule has 0 aliphatic rings. The summed E-state index contributed by atoms with van der Waals surface area (Å²) < 4.78 is 6.19. The first-order valence-corrected chi connectivity index (χ1v) is 11.6. The van der Waals surface area contributed by atoms with Crippen LogP contribution < -0.4 is 15.4 Å². The van der Waals surface area contributed by atoms with Crippen molar-refractivity contribution in [2.24, 2.45) is 5.41 Å². The maximum atomic E-state index is 12.6. The average Bonchev–Trinajstić information content (AvgIpc) is 3.09. The van der Waals surface area contributed by atoms with Gasteiger partial charge in [0.15, 0.2) is 5.13 Å². The molecule has 3 rings (SSSR count). The number of methoxy groups -OCH3 is 1. The van der Waals surface area contributed by atoms with Gasteiger partial charge in [-0.25, -0.2) is 4.98 Å². The van der Waals surface area contributed by atoms with Gasteiger partial charge in [0.2, 0.25) is 11.8 Å². The highest BCUT2D eigenvalue weighted by Crippen LogP contribution is 2.31. The molecule has 0 aliphatic carbocycles. The average molecular weight is 458 g/mol. The number of nitrogens with one attached hydrogen (secondary N) is 2. The van der Waals surface area contributed by atoms with Crippen molar-refractivity contribution in [3.05, 3.63) is 42.5 Å². The molecular formula is C23H27N3O3S2. The molecule has 0 aliphatic heterocycles. The summed E-state index contributed by atoms with van der Waals surface area (Å²) in [7, 11) is 1.62. The molecule has 164 valence electrons. The van der Waals surface area contributed by atoms with Crippen LogP contribution in [0.5, 0.6) is 5.75 Å². The zero-order chi connectivity index (χ0) is 22.6. The molecule has 0 fully saturated rings. The van der Waals surface area contributed by atoms with Crippen molar-refractivity contribution in [1.29, 1.82) is 0 Å². The second kappa shape index (κ2) is 9.70. The lowest BCUT2D eigenvalue weighted by Gasteiger charge is -2.17. The number of ether oxygens (including phenoxy) is 1. The van der Waals surface area contributed by atoms with E-state index in [0.717, 1.165) is 26.5 Å². The van der Waals surface area contributed by atoms with E-state index in [-0.39, 0.29) is 22.5 Å². The predicted octanol–water partition coefficient (Wildman–Crippen LogP) is 5.80. The second-order valence-corrected chi connectivity index (χ2v) is 10.9. The number of thiazole rings is 1. The first-order chi connectivity index (χ1) is 14.6. The van der Waals surface area contributed by atoms with Crippen molar-refractivity contribution in [3.63, 3.8) is 0 Å². The van der Waals surface area contributed by atoms with E-state index in [2.05, 4.69) is 15.6 Å². The SMILES string of the molecule is COc1ccc2nc(NC(=O)C(C)Sc3ccc(NC(=O)CC(C)(C)C)cc3)sc2c1. The molecule has 0 radical (unpaired) electrons. The van der Waals surface area contributed by atoms with Crippen molar-refractivity contribution in [1.82, 2.24) is 4.98 Å². The molecule has 0 saturated carbocycles. The highest BCUT2D eigenvalue weighted by Gasteiger charge is 2.18. The molecule has 8 heteroatoms. The minimum Gasteiger partial charge on any atom is -0.497 e. The zero-order valence-electron chi connectivity index (χ0n) is 18.3. The van der Waals surface area contributed by atoms with Crippen LogP contribution in [0.1, 0.15) is 34.1 Å². The molecule has 31 heavy (non-hydrogen) atoms. The minimum absolute atomic E-state index is 0.00546. The maximum absolute atomic E-state index is 12.6. The van der Waals surface area contributed by atoms with E-state index in [4.69, 9.17) is 4.74 Å². The highest BCUT2D eigenvalue weighted by atomic mass is 32.2. The van der Waals surface area contributed by atoms with Crippen LogP contribution in [0.4, 0.5) is 10.8 Å². The number of fused-ring (bicyclic) bond motifs is 1. The molecule has 1 unspecified atom stereocenters. The summed E-state index contributed by atoms with van der Waals surface area (Å²) in [5.41, 5.74) is 1.52. The molecule has 2 amide bonds. The monoisotopic (exact) mass is 457 g/mol. The lowest BCUT2D eigenvalue weighted by Crippen LogP contribution is -2.22. The summed E-state index contributed by atoms with van der Waals surface area (Å²) in [4.78, 5) is 30.1. The van der Waals surface area contributed by atoms with Gasteiger partial charge in [0, 0.05) is 17.0 Å². The van der Waals surface area contributed by atoms with Gasteiger partial charge >= 0.3 is 0 Å². The van der Waals surface area contributed by atoms with E-state index in [9.17, 15) is 9.59 Å². The Morgan fingerprint density at radius 1 is 1.13 bits per heavy atom. The van der Waals surface area contributed by atoms with E-state index in [1.807, 2.05) is 70.2 Å². The molecule has 1 aromatic heterocycles. The Hall–Kier alpha value is -2.58. The normalized spacial score (nSPS) is 12.4. The third-order valence-electron chi connectivity index (χ3n) is 4.34. The number of carbonyl (C=O) groups excluding carboxylic acids is 2. The van der Waals surface area contributed by atoms with Crippen LogP contribution in [-0.2, 0) is 9.59 Å². The Balaban J connectivity index is 1.56. The summed E-state index contributed by atoms with van der Waals surface area (Å²) >= 11 is 2.87. The van der Waals surface area contributed by atoms with Crippen molar-refractivity contribution >= 4 is 55.9 Å². The third kappa shape index (κ3) is 6.70. The van der Waals surface area contributed by atoms with E-state index in [1.165, 1.54) is 23.1 Å². The Morgan fingerprint density at radius 2 is 1.84 bits per heavy atom. The molecule has 2 N–H and O–H groups in total. The lowest BCUT2D eigenvalue weighted by molar-refractivity contribution is -0.118. The summed E-state index contributed by atoms with van der Waals surface area (Å²) in [6, 6.07) is 13.2. The fraction of sp³-hybridized carbons (Fsp3) is 0.348. The number of aromatic nitrogens is 1. The zero-order valence-corrected chi connectivity index (χ0v) is 19.9. The van der Waals surface area contributed by atoms with Gasteiger partial charge in [-0.3, -0.25) is 9.59 Å². The van der Waals surface area contributed by atoms with Crippen molar-refractivity contribution < 1.29 is 14.3 Å². The third-order valence-corrected chi connectivity index (χ3v) is 6.38. The van der Waals surface area contributed by atoms with Crippen LogP contribution in [0.25, 0.3) is 10.2 Å². The fourth-order valence-electron chi connectivity index (χ4n) is 2.85. The Kier molecular flexibility index (Phi) is 7.23. The lowest BCUT2D eigenvalue weighted by atomic mass is 9.92. The number of rotatable bonds is 7. The van der Waals surface area contributed by atoms with Gasteiger partial charge < -0.3 is 15.4 Å². The van der Waals surface area contributed by atoms with Crippen LogP contribution in [0.2, 0.25) is 0 Å². The van der Waals surface area contributed by atoms with Gasteiger partial charge in [0.05, 0.1) is 22.6 Å². The smallest absolute Gasteiger partial charge is 0.239 e. The number of benzene rings is 2. The van der Waals surface area contributed by atoms with Gasteiger partial charge in [-0.15, -0.1) is 11.8 Å². The minimum atomic E-state index is -0.303. The van der Waals surface area contributed by atoms with Gasteiger partial charge in [-0.2, -0.15) is 0 Å². The highest BCUT2D eigenvalue weighted by molar-refractivity contribution is 8.00. The molecule has 1 heterocycles. The molecule has 1 atom stereocenters. The number of nitrogens with zero attached hydrogens (tertiary/aromatic N) is 1. The maximum Gasteiger partial charge on any atom is 0.239 e. The number of carbonyl (C=O) groups is 2. The van der Waals surface area contributed by atoms with Crippen molar-refractivity contribution in [2.45, 2.75) is 44.3 Å². The van der Waals surface area contributed by atoms with Crippen LogP contribution >= 0.6 is 23.1 Å². The van der Waals surface area contributed by atoms with Crippen LogP contribution in [-0.4, -0.2) is 29.2 Å². The van der Waals surface area contributed by atoms with Crippen LogP contribution in [0.15, 0.2) is 47.4 Å². The fourth-order valence-corrected chi connectivity index (χ4v) is 4.62. The van der Waals surface area contributed by atoms with E-state index in [1.54, 1.807) is 7.11 Å². The molecule has 6 nitrogen and oxygen atoms in total. The number of hydrogen-bond acceptors (Lipinski definition) is 6. The van der Waals surface area contributed by atoms with Gasteiger partial charge in [-0.1, -0.05) is 32.1 Å². The van der Waals surface area contributed by atoms with Crippen molar-refractivity contribution in [3.8, 4) is 5.75 Å². The predicted molar refractivity (Wildman–Crippen MR) is 129 cm³/mol. The van der Waals surface area contributed by atoms with Crippen LogP contribution in [0, 0.1) is 5.41 Å². The number of hydrogen-bond donors (Lipinski definition) is 2. The largest absolute Gasteiger partial charge is 0.497 e.